The highest BCUT2D eigenvalue weighted by Crippen LogP contribution is 2.19. The Labute approximate surface area is 97.2 Å². The second-order valence-electron chi connectivity index (χ2n) is 3.84. The van der Waals surface area contributed by atoms with E-state index >= 15 is 0 Å². The van der Waals surface area contributed by atoms with Crippen LogP contribution in [0.3, 0.4) is 0 Å². The van der Waals surface area contributed by atoms with Crippen LogP contribution in [0, 0.1) is 0 Å². The molecule has 2 unspecified atom stereocenters. The van der Waals surface area contributed by atoms with Gasteiger partial charge < -0.3 is 15.2 Å². The Balaban J connectivity index is 1.76. The Kier molecular flexibility index (Phi) is 3.38. The quantitative estimate of drug-likeness (QED) is 0.673. The predicted molar refractivity (Wildman–Crippen MR) is 56.5 cm³/mol. The van der Waals surface area contributed by atoms with E-state index in [1.807, 2.05) is 0 Å². The van der Waals surface area contributed by atoms with E-state index < -0.39 is 12.1 Å². The number of H-pyrrole nitrogens is 1. The van der Waals surface area contributed by atoms with E-state index in [1.165, 1.54) is 6.20 Å². The van der Waals surface area contributed by atoms with Crippen molar-refractivity contribution in [3.05, 3.63) is 18.0 Å². The number of carboxylic acid groups (broad SMARTS) is 1. The van der Waals surface area contributed by atoms with Crippen LogP contribution in [0.4, 0.5) is 0 Å². The van der Waals surface area contributed by atoms with E-state index in [9.17, 15) is 9.59 Å². The average molecular weight is 239 g/mol. The van der Waals surface area contributed by atoms with Gasteiger partial charge in [0.05, 0.1) is 6.10 Å². The minimum absolute atomic E-state index is 0.233. The first-order valence-corrected chi connectivity index (χ1v) is 5.32. The Morgan fingerprint density at radius 3 is 3.00 bits per heavy atom. The molecule has 1 aliphatic rings. The average Bonchev–Trinajstić information content (AvgIpc) is 2.97. The summed E-state index contributed by atoms with van der Waals surface area (Å²) >= 11 is 0. The summed E-state index contributed by atoms with van der Waals surface area (Å²) in [5.41, 5.74) is 0.373. The third-order valence-corrected chi connectivity index (χ3v) is 2.62. The first-order chi connectivity index (χ1) is 8.16. The van der Waals surface area contributed by atoms with Gasteiger partial charge in [0, 0.05) is 12.7 Å². The van der Waals surface area contributed by atoms with Crippen molar-refractivity contribution in [2.75, 3.05) is 6.54 Å². The van der Waals surface area contributed by atoms with Crippen molar-refractivity contribution in [2.24, 2.45) is 0 Å². The summed E-state index contributed by atoms with van der Waals surface area (Å²) in [6, 6.07) is 1.56. The molecule has 0 saturated carbocycles. The number of aromatic nitrogens is 2. The Morgan fingerprint density at radius 2 is 2.41 bits per heavy atom. The molecule has 7 heteroatoms. The number of amides is 1. The summed E-state index contributed by atoms with van der Waals surface area (Å²) in [7, 11) is 0. The molecule has 0 aromatic carbocycles. The highest BCUT2D eigenvalue weighted by atomic mass is 16.5. The lowest BCUT2D eigenvalue weighted by Gasteiger charge is -2.11. The molecule has 1 aromatic rings. The van der Waals surface area contributed by atoms with E-state index in [1.54, 1.807) is 6.07 Å². The monoisotopic (exact) mass is 239 g/mol. The first-order valence-electron chi connectivity index (χ1n) is 5.32. The van der Waals surface area contributed by atoms with Crippen LogP contribution in [0.5, 0.6) is 0 Å². The van der Waals surface area contributed by atoms with Crippen molar-refractivity contribution in [3.63, 3.8) is 0 Å². The number of aromatic amines is 1. The second kappa shape index (κ2) is 4.96. The maximum Gasteiger partial charge on any atom is 0.332 e. The van der Waals surface area contributed by atoms with Crippen LogP contribution in [0.1, 0.15) is 23.3 Å². The van der Waals surface area contributed by atoms with Gasteiger partial charge in [0.15, 0.2) is 6.10 Å². The van der Waals surface area contributed by atoms with Crippen LogP contribution >= 0.6 is 0 Å². The molecule has 2 heterocycles. The molecule has 0 spiro atoms. The van der Waals surface area contributed by atoms with Gasteiger partial charge >= 0.3 is 5.97 Å². The third-order valence-electron chi connectivity index (χ3n) is 2.62. The van der Waals surface area contributed by atoms with Crippen LogP contribution in [-0.4, -0.2) is 45.9 Å². The summed E-state index contributed by atoms with van der Waals surface area (Å²) in [6.07, 6.45) is 1.63. The zero-order chi connectivity index (χ0) is 12.3. The molecule has 92 valence electrons. The van der Waals surface area contributed by atoms with E-state index in [0.29, 0.717) is 25.1 Å². The topological polar surface area (TPSA) is 104 Å². The molecular weight excluding hydrogens is 226 g/mol. The molecule has 7 nitrogen and oxygen atoms in total. The third kappa shape index (κ3) is 2.82. The van der Waals surface area contributed by atoms with Gasteiger partial charge in [0.2, 0.25) is 0 Å². The molecule has 2 rings (SSSR count). The van der Waals surface area contributed by atoms with Crippen LogP contribution in [0.2, 0.25) is 0 Å². The van der Waals surface area contributed by atoms with Crippen molar-refractivity contribution in [1.82, 2.24) is 15.5 Å². The fourth-order valence-electron chi connectivity index (χ4n) is 1.72. The maximum atomic E-state index is 11.5. The van der Waals surface area contributed by atoms with Crippen molar-refractivity contribution < 1.29 is 19.4 Å². The minimum atomic E-state index is -0.951. The number of rotatable bonds is 4. The molecule has 1 aliphatic heterocycles. The molecule has 1 amide bonds. The lowest BCUT2D eigenvalue weighted by molar-refractivity contribution is -0.149. The van der Waals surface area contributed by atoms with Gasteiger partial charge in [-0.1, -0.05) is 0 Å². The molecule has 0 bridgehead atoms. The van der Waals surface area contributed by atoms with Crippen LogP contribution < -0.4 is 5.32 Å². The molecule has 1 saturated heterocycles. The predicted octanol–water partition coefficient (Wildman–Crippen LogP) is -0.228. The van der Waals surface area contributed by atoms with Crippen LogP contribution in [0.25, 0.3) is 0 Å². The Bertz CT molecular complexity index is 404. The number of carbonyl (C=O) groups excluding carboxylic acids is 1. The molecule has 1 fully saturated rings. The zero-order valence-electron chi connectivity index (χ0n) is 9.05. The number of carbonyl (C=O) groups is 2. The highest BCUT2D eigenvalue weighted by molar-refractivity contribution is 5.92. The fourth-order valence-corrected chi connectivity index (χ4v) is 1.72. The normalized spacial score (nSPS) is 23.5. The van der Waals surface area contributed by atoms with Crippen molar-refractivity contribution in [1.29, 1.82) is 0 Å². The van der Waals surface area contributed by atoms with Crippen LogP contribution in [0.15, 0.2) is 12.3 Å². The summed E-state index contributed by atoms with van der Waals surface area (Å²) in [5, 5.41) is 17.6. The van der Waals surface area contributed by atoms with E-state index in [2.05, 4.69) is 15.5 Å². The summed E-state index contributed by atoms with van der Waals surface area (Å²) in [6.45, 7) is 0.307. The van der Waals surface area contributed by atoms with Gasteiger partial charge in [-0.15, -0.1) is 0 Å². The van der Waals surface area contributed by atoms with Gasteiger partial charge in [0.1, 0.15) is 5.69 Å². The van der Waals surface area contributed by atoms with Crippen molar-refractivity contribution in [2.45, 2.75) is 25.0 Å². The largest absolute Gasteiger partial charge is 0.479 e. The summed E-state index contributed by atoms with van der Waals surface area (Å²) in [4.78, 5) is 22.2. The molecule has 0 aliphatic carbocycles. The SMILES string of the molecule is O=C(NCC1CCC(C(=O)O)O1)c1ccn[nH]1. The molecule has 0 radical (unpaired) electrons. The van der Waals surface area contributed by atoms with E-state index in [4.69, 9.17) is 9.84 Å². The van der Waals surface area contributed by atoms with Gasteiger partial charge in [-0.3, -0.25) is 9.89 Å². The van der Waals surface area contributed by atoms with Gasteiger partial charge in [0.25, 0.3) is 5.91 Å². The van der Waals surface area contributed by atoms with Crippen molar-refractivity contribution >= 4 is 11.9 Å². The van der Waals surface area contributed by atoms with Gasteiger partial charge in [-0.25, -0.2) is 4.79 Å². The number of hydrogen-bond donors (Lipinski definition) is 3. The smallest absolute Gasteiger partial charge is 0.332 e. The number of ether oxygens (including phenoxy) is 1. The molecule has 3 N–H and O–H groups in total. The number of carboxylic acids is 1. The number of hydrogen-bond acceptors (Lipinski definition) is 4. The number of nitrogens with zero attached hydrogens (tertiary/aromatic N) is 1. The molecule has 17 heavy (non-hydrogen) atoms. The highest BCUT2D eigenvalue weighted by Gasteiger charge is 2.30. The fraction of sp³-hybridized carbons (Fsp3) is 0.500. The molecule has 1 aromatic heterocycles. The van der Waals surface area contributed by atoms with E-state index in [-0.39, 0.29) is 12.0 Å². The second-order valence-corrected chi connectivity index (χ2v) is 3.84. The summed E-state index contributed by atoms with van der Waals surface area (Å²) in [5.74, 6) is -1.22. The maximum absolute atomic E-state index is 11.5. The standard InChI is InChI=1S/C10H13N3O4/c14-9(7-3-4-12-13-7)11-5-6-1-2-8(17-6)10(15)16/h3-4,6,8H,1-2,5H2,(H,11,14)(H,12,13)(H,15,16). The van der Waals surface area contributed by atoms with Crippen LogP contribution in [-0.2, 0) is 9.53 Å². The lowest BCUT2D eigenvalue weighted by atomic mass is 10.2. The Morgan fingerprint density at radius 1 is 1.59 bits per heavy atom. The summed E-state index contributed by atoms with van der Waals surface area (Å²) < 4.78 is 5.25. The van der Waals surface area contributed by atoms with Gasteiger partial charge in [-0.05, 0) is 18.9 Å². The lowest BCUT2D eigenvalue weighted by Crippen LogP contribution is -2.33. The number of nitrogens with one attached hydrogen (secondary N) is 2. The number of aliphatic carboxylic acids is 1. The Hall–Kier alpha value is -1.89. The minimum Gasteiger partial charge on any atom is -0.479 e. The first kappa shape index (κ1) is 11.6. The van der Waals surface area contributed by atoms with E-state index in [0.717, 1.165) is 0 Å². The molecule has 2 atom stereocenters. The molecular formula is C10H13N3O4. The van der Waals surface area contributed by atoms with Gasteiger partial charge in [-0.2, -0.15) is 5.10 Å². The zero-order valence-corrected chi connectivity index (χ0v) is 9.05. The van der Waals surface area contributed by atoms with Crippen molar-refractivity contribution in [3.8, 4) is 0 Å².